The molecule has 0 aromatic heterocycles. The van der Waals surface area contributed by atoms with Crippen LogP contribution in [0.25, 0.3) is 0 Å². The van der Waals surface area contributed by atoms with Crippen LogP contribution in [0.3, 0.4) is 0 Å². The molecule has 0 spiro atoms. The summed E-state index contributed by atoms with van der Waals surface area (Å²) in [5, 5.41) is 3.23. The molecule has 2 fully saturated rings. The Morgan fingerprint density at radius 2 is 1.91 bits per heavy atom. The molecule has 23 heavy (non-hydrogen) atoms. The number of carbonyl (C=O) groups excluding carboxylic acids is 2. The smallest absolute Gasteiger partial charge is 0.245 e. The van der Waals surface area contributed by atoms with E-state index in [9.17, 15) is 9.59 Å². The Morgan fingerprint density at radius 3 is 2.48 bits per heavy atom. The zero-order valence-electron chi connectivity index (χ0n) is 15.0. The molecule has 0 radical (unpaired) electrons. The Morgan fingerprint density at radius 1 is 1.22 bits per heavy atom. The molecule has 0 aliphatic carbocycles. The van der Waals surface area contributed by atoms with E-state index in [1.165, 1.54) is 0 Å². The number of carbonyl (C=O) groups is 2. The second kappa shape index (κ2) is 8.67. The largest absolute Gasteiger partial charge is 0.341 e. The fraction of sp³-hybridized carbons (Fsp3) is 0.889. The molecule has 1 N–H and O–H groups in total. The molecule has 0 saturated carbocycles. The van der Waals surface area contributed by atoms with Crippen molar-refractivity contribution in [2.75, 3.05) is 33.2 Å². The fourth-order valence-electron chi connectivity index (χ4n) is 3.82. The van der Waals surface area contributed by atoms with Crippen molar-refractivity contribution in [2.24, 2.45) is 11.8 Å². The van der Waals surface area contributed by atoms with Gasteiger partial charge in [-0.1, -0.05) is 13.8 Å². The van der Waals surface area contributed by atoms with E-state index >= 15 is 0 Å². The molecule has 5 nitrogen and oxygen atoms in total. The molecule has 1 atom stereocenters. The summed E-state index contributed by atoms with van der Waals surface area (Å²) in [6, 6.07) is -0.247. The second-order valence-electron chi connectivity index (χ2n) is 7.52. The summed E-state index contributed by atoms with van der Waals surface area (Å²) >= 11 is 0. The highest BCUT2D eigenvalue weighted by molar-refractivity contribution is 5.88. The van der Waals surface area contributed by atoms with Crippen molar-refractivity contribution in [3.8, 4) is 0 Å². The molecule has 132 valence electrons. The van der Waals surface area contributed by atoms with Crippen LogP contribution in [0.5, 0.6) is 0 Å². The third-order valence-electron chi connectivity index (χ3n) is 5.13. The summed E-state index contributed by atoms with van der Waals surface area (Å²) in [6.45, 7) is 7.71. The van der Waals surface area contributed by atoms with E-state index in [0.717, 1.165) is 58.3 Å². The van der Waals surface area contributed by atoms with Gasteiger partial charge in [0.15, 0.2) is 0 Å². The van der Waals surface area contributed by atoms with Crippen molar-refractivity contribution in [3.63, 3.8) is 0 Å². The topological polar surface area (TPSA) is 52.7 Å². The molecule has 2 aliphatic rings. The van der Waals surface area contributed by atoms with Crippen LogP contribution in [0, 0.1) is 11.8 Å². The summed E-state index contributed by atoms with van der Waals surface area (Å²) in [5.74, 6) is 1.43. The zero-order valence-corrected chi connectivity index (χ0v) is 15.0. The minimum Gasteiger partial charge on any atom is -0.341 e. The van der Waals surface area contributed by atoms with Gasteiger partial charge in [0.05, 0.1) is 0 Å². The number of rotatable bonds is 6. The third-order valence-corrected chi connectivity index (χ3v) is 5.13. The lowest BCUT2D eigenvalue weighted by atomic mass is 9.94. The quantitative estimate of drug-likeness (QED) is 0.812. The number of piperidine rings is 2. The minimum absolute atomic E-state index is 0.167. The number of hydrogen-bond donors (Lipinski definition) is 1. The second-order valence-corrected chi connectivity index (χ2v) is 7.52. The van der Waals surface area contributed by atoms with Crippen LogP contribution in [-0.4, -0.2) is 60.9 Å². The normalized spacial score (nSPS) is 21.8. The molecular weight excluding hydrogens is 290 g/mol. The Balaban J connectivity index is 2.00. The van der Waals surface area contributed by atoms with Crippen LogP contribution in [-0.2, 0) is 9.59 Å². The predicted octanol–water partition coefficient (Wildman–Crippen LogP) is 1.87. The van der Waals surface area contributed by atoms with Gasteiger partial charge in [-0.2, -0.15) is 0 Å². The van der Waals surface area contributed by atoms with Crippen molar-refractivity contribution in [3.05, 3.63) is 0 Å². The first-order chi connectivity index (χ1) is 11.0. The average Bonchev–Trinajstić information content (AvgIpc) is 2.54. The molecule has 0 bridgehead atoms. The van der Waals surface area contributed by atoms with E-state index < -0.39 is 0 Å². The van der Waals surface area contributed by atoms with Gasteiger partial charge in [0.25, 0.3) is 0 Å². The van der Waals surface area contributed by atoms with E-state index in [-0.39, 0.29) is 17.9 Å². The summed E-state index contributed by atoms with van der Waals surface area (Å²) in [6.07, 6.45) is 5.50. The Hall–Kier alpha value is -1.10. The molecule has 2 saturated heterocycles. The Kier molecular flexibility index (Phi) is 6.88. The van der Waals surface area contributed by atoms with Crippen LogP contribution in [0.1, 0.15) is 52.4 Å². The molecule has 2 heterocycles. The summed E-state index contributed by atoms with van der Waals surface area (Å²) < 4.78 is 0. The van der Waals surface area contributed by atoms with Crippen LogP contribution in [0.15, 0.2) is 0 Å². The number of nitrogens with zero attached hydrogens (tertiary/aromatic N) is 2. The molecule has 2 amide bonds. The highest BCUT2D eigenvalue weighted by Crippen LogP contribution is 2.23. The predicted molar refractivity (Wildman–Crippen MR) is 92.0 cm³/mol. The number of likely N-dealkylation sites (tertiary alicyclic amines) is 2. The van der Waals surface area contributed by atoms with Crippen molar-refractivity contribution in [2.45, 2.75) is 58.4 Å². The van der Waals surface area contributed by atoms with E-state index in [1.54, 1.807) is 0 Å². The Bertz CT molecular complexity index is 403. The van der Waals surface area contributed by atoms with E-state index in [0.29, 0.717) is 18.3 Å². The third kappa shape index (κ3) is 4.93. The molecule has 1 unspecified atom stereocenters. The van der Waals surface area contributed by atoms with Gasteiger partial charge in [0, 0.05) is 26.1 Å². The van der Waals surface area contributed by atoms with Gasteiger partial charge in [-0.3, -0.25) is 9.59 Å². The average molecular weight is 323 g/mol. The summed E-state index contributed by atoms with van der Waals surface area (Å²) in [5.41, 5.74) is 0. The van der Waals surface area contributed by atoms with E-state index in [4.69, 9.17) is 0 Å². The zero-order chi connectivity index (χ0) is 16.8. The van der Waals surface area contributed by atoms with Crippen LogP contribution in [0.2, 0.25) is 0 Å². The fourth-order valence-corrected chi connectivity index (χ4v) is 3.82. The van der Waals surface area contributed by atoms with E-state index in [2.05, 4.69) is 19.2 Å². The van der Waals surface area contributed by atoms with Crippen molar-refractivity contribution in [1.29, 1.82) is 0 Å². The lowest BCUT2D eigenvalue weighted by Gasteiger charge is -2.39. The van der Waals surface area contributed by atoms with Gasteiger partial charge >= 0.3 is 0 Å². The molecular formula is C18H33N3O2. The monoisotopic (exact) mass is 323 g/mol. The minimum atomic E-state index is -0.247. The maximum absolute atomic E-state index is 13.1. The number of hydrogen-bond acceptors (Lipinski definition) is 3. The maximum atomic E-state index is 13.1. The molecule has 2 rings (SSSR count). The Labute approximate surface area is 140 Å². The van der Waals surface area contributed by atoms with Gasteiger partial charge in [0.1, 0.15) is 6.04 Å². The van der Waals surface area contributed by atoms with Crippen LogP contribution in [0.4, 0.5) is 0 Å². The molecule has 2 aliphatic heterocycles. The maximum Gasteiger partial charge on any atom is 0.245 e. The van der Waals surface area contributed by atoms with E-state index in [1.807, 2.05) is 16.8 Å². The highest BCUT2D eigenvalue weighted by Gasteiger charge is 2.35. The van der Waals surface area contributed by atoms with Crippen LogP contribution >= 0.6 is 0 Å². The van der Waals surface area contributed by atoms with Crippen molar-refractivity contribution >= 4 is 11.8 Å². The van der Waals surface area contributed by atoms with Gasteiger partial charge in [-0.25, -0.2) is 0 Å². The summed E-state index contributed by atoms with van der Waals surface area (Å²) in [7, 11) is 1.98. The van der Waals surface area contributed by atoms with Crippen LogP contribution < -0.4 is 5.32 Å². The van der Waals surface area contributed by atoms with Gasteiger partial charge < -0.3 is 15.1 Å². The lowest BCUT2D eigenvalue weighted by molar-refractivity contribution is -0.149. The lowest BCUT2D eigenvalue weighted by Crippen LogP contribution is -2.54. The molecule has 0 aromatic rings. The summed E-state index contributed by atoms with van der Waals surface area (Å²) in [4.78, 5) is 29.2. The first-order valence-corrected chi connectivity index (χ1v) is 9.25. The number of nitrogens with one attached hydrogen (secondary N) is 1. The standard InChI is InChI=1S/C18H33N3O2/c1-14(2)12-16(21-9-5-4-6-17(21)22)18(23)20-10-7-15(8-11-20)13-19-3/h14-16,19H,4-13H2,1-3H3. The molecule has 0 aromatic carbocycles. The van der Waals surface area contributed by atoms with Gasteiger partial charge in [-0.05, 0) is 57.5 Å². The van der Waals surface area contributed by atoms with Crippen molar-refractivity contribution in [1.82, 2.24) is 15.1 Å². The van der Waals surface area contributed by atoms with Gasteiger partial charge in [0.2, 0.25) is 11.8 Å². The highest BCUT2D eigenvalue weighted by atomic mass is 16.2. The number of amides is 2. The SMILES string of the molecule is CNCC1CCN(C(=O)C(CC(C)C)N2CCCCC2=O)CC1. The first-order valence-electron chi connectivity index (χ1n) is 9.25. The van der Waals surface area contributed by atoms with Gasteiger partial charge in [-0.15, -0.1) is 0 Å². The van der Waals surface area contributed by atoms with Crippen molar-refractivity contribution < 1.29 is 9.59 Å². The first kappa shape index (κ1) is 18.2. The molecule has 5 heteroatoms.